The normalized spacial score (nSPS) is 9.74. The van der Waals surface area contributed by atoms with Crippen molar-refractivity contribution in [3.8, 4) is 17.6 Å². The molecule has 2 aromatic carbocycles. The second-order valence-electron chi connectivity index (χ2n) is 3.91. The molecule has 0 spiro atoms. The van der Waals surface area contributed by atoms with Gasteiger partial charge in [-0.05, 0) is 37.3 Å². The highest BCUT2D eigenvalue weighted by molar-refractivity contribution is 5.97. The Labute approximate surface area is 109 Å². The van der Waals surface area contributed by atoms with Gasteiger partial charge in [-0.25, -0.2) is 4.39 Å². The number of benzene rings is 2. The van der Waals surface area contributed by atoms with E-state index in [1.54, 1.807) is 18.2 Å². The highest BCUT2D eigenvalue weighted by Gasteiger charge is 2.14. The fourth-order valence-electron chi connectivity index (χ4n) is 1.69. The van der Waals surface area contributed by atoms with Gasteiger partial charge in [-0.3, -0.25) is 4.79 Å². The summed E-state index contributed by atoms with van der Waals surface area (Å²) in [7, 11) is 0. The molecular formula is C15H10FNO2. The predicted molar refractivity (Wildman–Crippen MR) is 67.6 cm³/mol. The first-order valence-corrected chi connectivity index (χ1v) is 5.59. The molecule has 0 aromatic heterocycles. The third-order valence-corrected chi connectivity index (χ3v) is 2.52. The number of Topliss-reactive ketones (excluding diaryl/α,β-unsaturated/α-hetero) is 1. The number of ketones is 1. The fraction of sp³-hybridized carbons (Fsp3) is 0.0667. The molecule has 0 saturated carbocycles. The van der Waals surface area contributed by atoms with Crippen LogP contribution < -0.4 is 4.74 Å². The number of hydrogen-bond acceptors (Lipinski definition) is 3. The zero-order chi connectivity index (χ0) is 13.8. The van der Waals surface area contributed by atoms with Gasteiger partial charge in [0.2, 0.25) is 0 Å². The minimum absolute atomic E-state index is 0.0927. The van der Waals surface area contributed by atoms with E-state index >= 15 is 0 Å². The molecule has 0 saturated heterocycles. The summed E-state index contributed by atoms with van der Waals surface area (Å²) < 4.78 is 19.1. The second-order valence-corrected chi connectivity index (χ2v) is 3.91. The van der Waals surface area contributed by atoms with Crippen LogP contribution in [0.1, 0.15) is 22.8 Å². The number of nitrogens with zero attached hydrogens (tertiary/aromatic N) is 1. The molecule has 2 rings (SSSR count). The molecule has 0 aliphatic heterocycles. The Bertz CT molecular complexity index is 674. The first kappa shape index (κ1) is 12.8. The molecule has 94 valence electrons. The zero-order valence-corrected chi connectivity index (χ0v) is 10.2. The number of carbonyl (C=O) groups is 1. The minimum atomic E-state index is -0.624. The summed E-state index contributed by atoms with van der Waals surface area (Å²) in [4.78, 5) is 11.4. The number of nitriles is 1. The van der Waals surface area contributed by atoms with Crippen molar-refractivity contribution in [3.63, 3.8) is 0 Å². The molecule has 0 fully saturated rings. The van der Waals surface area contributed by atoms with Gasteiger partial charge >= 0.3 is 0 Å². The lowest BCUT2D eigenvalue weighted by Gasteiger charge is -2.10. The molecule has 19 heavy (non-hydrogen) atoms. The number of ether oxygens (including phenoxy) is 1. The van der Waals surface area contributed by atoms with Gasteiger partial charge in [-0.1, -0.05) is 12.1 Å². The minimum Gasteiger partial charge on any atom is -0.456 e. The summed E-state index contributed by atoms with van der Waals surface area (Å²) >= 11 is 0. The van der Waals surface area contributed by atoms with Gasteiger partial charge in [0.05, 0.1) is 17.2 Å². The third-order valence-electron chi connectivity index (χ3n) is 2.52. The highest BCUT2D eigenvalue weighted by atomic mass is 19.1. The van der Waals surface area contributed by atoms with E-state index in [0.29, 0.717) is 11.3 Å². The first-order valence-electron chi connectivity index (χ1n) is 5.59. The molecule has 4 heteroatoms. The van der Waals surface area contributed by atoms with Crippen molar-refractivity contribution in [2.45, 2.75) is 6.92 Å². The van der Waals surface area contributed by atoms with E-state index < -0.39 is 11.6 Å². The van der Waals surface area contributed by atoms with Gasteiger partial charge in [0.15, 0.2) is 5.78 Å². The van der Waals surface area contributed by atoms with Gasteiger partial charge in [-0.2, -0.15) is 5.26 Å². The maximum atomic E-state index is 13.6. The number of carbonyl (C=O) groups excluding carboxylic acids is 1. The van der Waals surface area contributed by atoms with Crippen LogP contribution in [0.5, 0.6) is 11.5 Å². The topological polar surface area (TPSA) is 50.1 Å². The summed E-state index contributed by atoms with van der Waals surface area (Å²) in [6.07, 6.45) is 0. The van der Waals surface area contributed by atoms with Gasteiger partial charge in [-0.15, -0.1) is 0 Å². The Morgan fingerprint density at radius 3 is 2.68 bits per heavy atom. The van der Waals surface area contributed by atoms with Crippen molar-refractivity contribution in [2.75, 3.05) is 0 Å². The van der Waals surface area contributed by atoms with E-state index in [9.17, 15) is 9.18 Å². The number of halogens is 1. The van der Waals surface area contributed by atoms with Crippen LogP contribution in [0, 0.1) is 17.1 Å². The van der Waals surface area contributed by atoms with E-state index in [4.69, 9.17) is 10.00 Å². The fourth-order valence-corrected chi connectivity index (χ4v) is 1.69. The maximum Gasteiger partial charge on any atom is 0.166 e. The molecule has 0 radical (unpaired) electrons. The quantitative estimate of drug-likeness (QED) is 0.786. The van der Waals surface area contributed by atoms with Crippen LogP contribution in [0.4, 0.5) is 4.39 Å². The van der Waals surface area contributed by atoms with E-state index in [1.165, 1.54) is 31.2 Å². The molecular weight excluding hydrogens is 245 g/mol. The predicted octanol–water partition coefficient (Wildman–Crippen LogP) is 3.69. The Morgan fingerprint density at radius 2 is 2.00 bits per heavy atom. The van der Waals surface area contributed by atoms with Crippen LogP contribution in [-0.4, -0.2) is 5.78 Å². The monoisotopic (exact) mass is 255 g/mol. The molecule has 0 amide bonds. The summed E-state index contributed by atoms with van der Waals surface area (Å²) in [5.41, 5.74) is 0.336. The van der Waals surface area contributed by atoms with Crippen LogP contribution in [-0.2, 0) is 0 Å². The third kappa shape index (κ3) is 2.78. The van der Waals surface area contributed by atoms with Crippen LogP contribution in [0.3, 0.4) is 0 Å². The van der Waals surface area contributed by atoms with Crippen LogP contribution >= 0.6 is 0 Å². The van der Waals surface area contributed by atoms with Crippen molar-refractivity contribution in [2.24, 2.45) is 0 Å². The summed E-state index contributed by atoms with van der Waals surface area (Å²) in [6.45, 7) is 1.27. The van der Waals surface area contributed by atoms with Gasteiger partial charge < -0.3 is 4.74 Å². The molecule has 0 heterocycles. The van der Waals surface area contributed by atoms with Crippen molar-refractivity contribution < 1.29 is 13.9 Å². The SMILES string of the molecule is CC(=O)c1c(F)cccc1Oc1cccc(C#N)c1. The Balaban J connectivity index is 2.41. The lowest BCUT2D eigenvalue weighted by molar-refractivity contribution is 0.101. The van der Waals surface area contributed by atoms with Gasteiger partial charge in [0.25, 0.3) is 0 Å². The molecule has 0 aliphatic rings. The molecule has 0 aliphatic carbocycles. The van der Waals surface area contributed by atoms with E-state index in [-0.39, 0.29) is 11.3 Å². The summed E-state index contributed by atoms with van der Waals surface area (Å²) in [5.74, 6) is -0.513. The smallest absolute Gasteiger partial charge is 0.166 e. The van der Waals surface area contributed by atoms with E-state index in [2.05, 4.69) is 0 Å². The summed E-state index contributed by atoms with van der Waals surface area (Å²) in [5, 5.41) is 8.80. The van der Waals surface area contributed by atoms with Crippen LogP contribution in [0.2, 0.25) is 0 Å². The molecule has 3 nitrogen and oxygen atoms in total. The van der Waals surface area contributed by atoms with Crippen LogP contribution in [0.25, 0.3) is 0 Å². The van der Waals surface area contributed by atoms with Crippen molar-refractivity contribution in [1.82, 2.24) is 0 Å². The lowest BCUT2D eigenvalue weighted by Crippen LogP contribution is -2.00. The van der Waals surface area contributed by atoms with Gasteiger partial charge in [0.1, 0.15) is 17.3 Å². The number of rotatable bonds is 3. The molecule has 0 bridgehead atoms. The Kier molecular flexibility index (Phi) is 3.58. The van der Waals surface area contributed by atoms with Crippen molar-refractivity contribution in [1.29, 1.82) is 5.26 Å². The molecule has 0 atom stereocenters. The first-order chi connectivity index (χ1) is 9.11. The van der Waals surface area contributed by atoms with Crippen molar-refractivity contribution in [3.05, 3.63) is 59.4 Å². The zero-order valence-electron chi connectivity index (χ0n) is 10.2. The Morgan fingerprint density at radius 1 is 1.26 bits per heavy atom. The van der Waals surface area contributed by atoms with E-state index in [1.807, 2.05) is 6.07 Å². The van der Waals surface area contributed by atoms with Crippen LogP contribution in [0.15, 0.2) is 42.5 Å². The van der Waals surface area contributed by atoms with E-state index in [0.717, 1.165) is 0 Å². The maximum absolute atomic E-state index is 13.6. The molecule has 0 unspecified atom stereocenters. The second kappa shape index (κ2) is 5.32. The lowest BCUT2D eigenvalue weighted by atomic mass is 10.1. The Hall–Kier alpha value is -2.67. The van der Waals surface area contributed by atoms with Crippen molar-refractivity contribution >= 4 is 5.78 Å². The van der Waals surface area contributed by atoms with Gasteiger partial charge in [0, 0.05) is 0 Å². The summed E-state index contributed by atoms with van der Waals surface area (Å²) in [6, 6.07) is 12.6. The molecule has 0 N–H and O–H groups in total. The average Bonchev–Trinajstić information content (AvgIpc) is 2.38. The average molecular weight is 255 g/mol. The number of hydrogen-bond donors (Lipinski definition) is 0. The molecule has 2 aromatic rings. The largest absolute Gasteiger partial charge is 0.456 e. The highest BCUT2D eigenvalue weighted by Crippen LogP contribution is 2.27. The standard InChI is InChI=1S/C15H10FNO2/c1-10(18)15-13(16)6-3-7-14(15)19-12-5-2-4-11(8-12)9-17/h2-8H,1H3.